The summed E-state index contributed by atoms with van der Waals surface area (Å²) in [5.41, 5.74) is 0.715. The molecule has 20 heavy (non-hydrogen) atoms. The van der Waals surface area contributed by atoms with Crippen LogP contribution in [0.3, 0.4) is 0 Å². The number of benzene rings is 1. The minimum atomic E-state index is -1.11. The molecule has 0 aliphatic carbocycles. The summed E-state index contributed by atoms with van der Waals surface area (Å²) < 4.78 is 9.36. The summed E-state index contributed by atoms with van der Waals surface area (Å²) in [6, 6.07) is 4.16. The number of aryl methyl sites for hydroxylation is 1. The minimum absolute atomic E-state index is 0.0447. The first-order valence-electron chi connectivity index (χ1n) is 6.09. The van der Waals surface area contributed by atoms with E-state index in [4.69, 9.17) is 9.84 Å². The summed E-state index contributed by atoms with van der Waals surface area (Å²) in [5, 5.41) is 9.09. The lowest BCUT2D eigenvalue weighted by Gasteiger charge is -2.08. The molecule has 0 aromatic heterocycles. The molecule has 0 radical (unpaired) electrons. The summed E-state index contributed by atoms with van der Waals surface area (Å²) in [6.07, 6.45) is 0.227. The number of carboxylic acids is 1. The molecule has 0 aliphatic heterocycles. The van der Waals surface area contributed by atoms with Crippen molar-refractivity contribution in [3.63, 3.8) is 0 Å². The topological polar surface area (TPSA) is 89.9 Å². The van der Waals surface area contributed by atoms with Crippen LogP contribution in [0, 0.1) is 0 Å². The quantitative estimate of drug-likeness (QED) is 0.797. The van der Waals surface area contributed by atoms with Gasteiger partial charge in [0, 0.05) is 6.42 Å². The second kappa shape index (κ2) is 7.28. The average molecular weight is 280 g/mol. The molecule has 0 atom stereocenters. The molecule has 1 aromatic carbocycles. The van der Waals surface area contributed by atoms with Crippen LogP contribution in [0.1, 0.15) is 39.6 Å². The number of carbonyl (C=O) groups is 3. The van der Waals surface area contributed by atoms with Gasteiger partial charge in [0.2, 0.25) is 0 Å². The average Bonchev–Trinajstić information content (AvgIpc) is 2.44. The molecule has 0 bridgehead atoms. The van der Waals surface area contributed by atoms with E-state index in [-0.39, 0.29) is 30.6 Å². The fraction of sp³-hybridized carbons (Fsp3) is 0.357. The van der Waals surface area contributed by atoms with Crippen LogP contribution >= 0.6 is 0 Å². The van der Waals surface area contributed by atoms with E-state index >= 15 is 0 Å². The molecular formula is C14H16O6. The largest absolute Gasteiger partial charge is 0.478 e. The number of ether oxygens (including phenoxy) is 2. The standard InChI is InChI=1S/C14H16O6/c1-3-20-14(18)10-4-6-11(13(16)17)9(8-10)5-7-12(15)19-2/h4,6,8H,3,5,7H2,1-2H3,(H,16,17). The second-order valence-corrected chi connectivity index (χ2v) is 3.97. The predicted molar refractivity (Wildman–Crippen MR) is 69.7 cm³/mol. The molecule has 6 heteroatoms. The van der Waals surface area contributed by atoms with E-state index in [1.54, 1.807) is 6.92 Å². The number of rotatable bonds is 6. The van der Waals surface area contributed by atoms with Crippen LogP contribution in [0.5, 0.6) is 0 Å². The van der Waals surface area contributed by atoms with Gasteiger partial charge in [-0.15, -0.1) is 0 Å². The third-order valence-electron chi connectivity index (χ3n) is 2.67. The van der Waals surface area contributed by atoms with E-state index in [0.717, 1.165) is 0 Å². The van der Waals surface area contributed by atoms with Gasteiger partial charge in [0.05, 0.1) is 24.8 Å². The zero-order chi connectivity index (χ0) is 15.1. The molecule has 0 heterocycles. The Labute approximate surface area is 116 Å². The van der Waals surface area contributed by atoms with Gasteiger partial charge in [-0.3, -0.25) is 4.79 Å². The highest BCUT2D eigenvalue weighted by Gasteiger charge is 2.15. The summed E-state index contributed by atoms with van der Waals surface area (Å²) in [6.45, 7) is 1.92. The van der Waals surface area contributed by atoms with Crippen molar-refractivity contribution in [1.29, 1.82) is 0 Å². The lowest BCUT2D eigenvalue weighted by Crippen LogP contribution is -2.10. The highest BCUT2D eigenvalue weighted by Crippen LogP contribution is 2.16. The molecule has 0 aliphatic rings. The number of carboxylic acid groups (broad SMARTS) is 1. The molecule has 0 saturated carbocycles. The molecule has 0 fully saturated rings. The normalized spacial score (nSPS) is 9.90. The first-order chi connectivity index (χ1) is 9.49. The van der Waals surface area contributed by atoms with Gasteiger partial charge in [0.25, 0.3) is 0 Å². The molecule has 6 nitrogen and oxygen atoms in total. The Hall–Kier alpha value is -2.37. The smallest absolute Gasteiger partial charge is 0.338 e. The van der Waals surface area contributed by atoms with E-state index in [2.05, 4.69) is 4.74 Å². The van der Waals surface area contributed by atoms with Crippen molar-refractivity contribution in [1.82, 2.24) is 0 Å². The van der Waals surface area contributed by atoms with E-state index in [0.29, 0.717) is 5.56 Å². The molecule has 0 unspecified atom stereocenters. The van der Waals surface area contributed by atoms with Crippen molar-refractivity contribution in [3.8, 4) is 0 Å². The monoisotopic (exact) mass is 280 g/mol. The second-order valence-electron chi connectivity index (χ2n) is 3.97. The first kappa shape index (κ1) is 15.7. The maximum atomic E-state index is 11.6. The maximum Gasteiger partial charge on any atom is 0.338 e. The minimum Gasteiger partial charge on any atom is -0.478 e. The van der Waals surface area contributed by atoms with Gasteiger partial charge in [-0.1, -0.05) is 0 Å². The predicted octanol–water partition coefficient (Wildman–Crippen LogP) is 1.67. The van der Waals surface area contributed by atoms with Crippen LogP contribution in [-0.4, -0.2) is 36.7 Å². The van der Waals surface area contributed by atoms with Gasteiger partial charge in [0.15, 0.2) is 0 Å². The maximum absolute atomic E-state index is 11.6. The van der Waals surface area contributed by atoms with E-state index in [1.165, 1.54) is 25.3 Å². The molecule has 0 amide bonds. The van der Waals surface area contributed by atoms with Crippen molar-refractivity contribution in [3.05, 3.63) is 34.9 Å². The highest BCUT2D eigenvalue weighted by atomic mass is 16.5. The van der Waals surface area contributed by atoms with Crippen LogP contribution in [0.2, 0.25) is 0 Å². The van der Waals surface area contributed by atoms with Crippen molar-refractivity contribution in [2.45, 2.75) is 19.8 Å². The SMILES string of the molecule is CCOC(=O)c1ccc(C(=O)O)c(CCC(=O)OC)c1. The number of esters is 2. The fourth-order valence-corrected chi connectivity index (χ4v) is 1.69. The summed E-state index contributed by atoms with van der Waals surface area (Å²) >= 11 is 0. The van der Waals surface area contributed by atoms with Gasteiger partial charge in [-0.2, -0.15) is 0 Å². The number of methoxy groups -OCH3 is 1. The zero-order valence-corrected chi connectivity index (χ0v) is 11.3. The number of hydrogen-bond donors (Lipinski definition) is 1. The molecular weight excluding hydrogens is 264 g/mol. The summed E-state index contributed by atoms with van der Waals surface area (Å²) in [4.78, 5) is 33.8. The first-order valence-corrected chi connectivity index (χ1v) is 6.09. The number of aromatic carboxylic acids is 1. The van der Waals surface area contributed by atoms with E-state index < -0.39 is 17.9 Å². The Morgan fingerprint density at radius 1 is 1.25 bits per heavy atom. The lowest BCUT2D eigenvalue weighted by molar-refractivity contribution is -0.140. The Morgan fingerprint density at radius 2 is 1.95 bits per heavy atom. The van der Waals surface area contributed by atoms with Crippen molar-refractivity contribution < 1.29 is 29.0 Å². The summed E-state index contributed by atoms with van der Waals surface area (Å²) in [5.74, 6) is -2.08. The Morgan fingerprint density at radius 3 is 2.50 bits per heavy atom. The molecule has 1 aromatic rings. The molecule has 0 saturated heterocycles. The van der Waals surface area contributed by atoms with Crippen LogP contribution in [0.15, 0.2) is 18.2 Å². The molecule has 1 rings (SSSR count). The Kier molecular flexibility index (Phi) is 5.71. The zero-order valence-electron chi connectivity index (χ0n) is 11.3. The van der Waals surface area contributed by atoms with Crippen LogP contribution < -0.4 is 0 Å². The fourth-order valence-electron chi connectivity index (χ4n) is 1.69. The number of carbonyl (C=O) groups excluding carboxylic acids is 2. The van der Waals surface area contributed by atoms with Gasteiger partial charge in [-0.25, -0.2) is 9.59 Å². The molecule has 1 N–H and O–H groups in total. The lowest BCUT2D eigenvalue weighted by atomic mass is 10.00. The summed E-state index contributed by atoms with van der Waals surface area (Å²) in [7, 11) is 1.26. The van der Waals surface area contributed by atoms with E-state index in [9.17, 15) is 14.4 Å². The molecule has 0 spiro atoms. The van der Waals surface area contributed by atoms with Gasteiger partial charge < -0.3 is 14.6 Å². The van der Waals surface area contributed by atoms with Gasteiger partial charge in [-0.05, 0) is 37.1 Å². The van der Waals surface area contributed by atoms with Crippen LogP contribution in [0.4, 0.5) is 0 Å². The third kappa shape index (κ3) is 4.08. The molecule has 108 valence electrons. The Bertz CT molecular complexity index is 520. The van der Waals surface area contributed by atoms with Gasteiger partial charge >= 0.3 is 17.9 Å². The number of hydrogen-bond acceptors (Lipinski definition) is 5. The van der Waals surface area contributed by atoms with E-state index in [1.807, 2.05) is 0 Å². The van der Waals surface area contributed by atoms with Crippen molar-refractivity contribution in [2.24, 2.45) is 0 Å². The highest BCUT2D eigenvalue weighted by molar-refractivity contribution is 5.94. The van der Waals surface area contributed by atoms with Gasteiger partial charge in [0.1, 0.15) is 0 Å². The van der Waals surface area contributed by atoms with Crippen molar-refractivity contribution in [2.75, 3.05) is 13.7 Å². The Balaban J connectivity index is 3.02. The van der Waals surface area contributed by atoms with Crippen LogP contribution in [0.25, 0.3) is 0 Å². The van der Waals surface area contributed by atoms with Crippen molar-refractivity contribution >= 4 is 17.9 Å². The van der Waals surface area contributed by atoms with Crippen LogP contribution in [-0.2, 0) is 20.7 Å². The third-order valence-corrected chi connectivity index (χ3v) is 2.67.